The first-order valence-corrected chi connectivity index (χ1v) is 10.5. The van der Waals surface area contributed by atoms with Gasteiger partial charge < -0.3 is 10.6 Å². The van der Waals surface area contributed by atoms with Gasteiger partial charge in [0.15, 0.2) is 0 Å². The maximum Gasteiger partial charge on any atom is 0.257 e. The molecule has 0 unspecified atom stereocenters. The normalized spacial score (nSPS) is 10.4. The van der Waals surface area contributed by atoms with Crippen LogP contribution in [0.25, 0.3) is 0 Å². The Morgan fingerprint density at radius 2 is 1.72 bits per heavy atom. The van der Waals surface area contributed by atoms with Crippen LogP contribution in [0.1, 0.15) is 15.9 Å². The van der Waals surface area contributed by atoms with Crippen LogP contribution >= 0.6 is 35.0 Å². The Morgan fingerprint density at radius 3 is 2.48 bits per heavy atom. The average Bonchev–Trinajstić information content (AvgIpc) is 2.68. The second-order valence-corrected chi connectivity index (χ2v) is 8.15. The molecule has 7 heteroatoms. The fourth-order valence-electron chi connectivity index (χ4n) is 2.58. The van der Waals surface area contributed by atoms with Gasteiger partial charge in [0.2, 0.25) is 5.91 Å². The largest absolute Gasteiger partial charge is 0.325 e. The first-order valence-electron chi connectivity index (χ1n) is 8.77. The standard InChI is InChI=1S/C22H18Cl2N2O2S/c1-14-5-2-3-8-20(14)26-21(27)13-29-17-7-4-6-16(12-17)25-22(28)18-10-9-15(23)11-19(18)24/h2-12H,13H2,1H3,(H,25,28)(H,26,27). The van der Waals surface area contributed by atoms with Gasteiger partial charge in [-0.1, -0.05) is 47.5 Å². The number of para-hydroxylation sites is 1. The van der Waals surface area contributed by atoms with Gasteiger partial charge in [0.25, 0.3) is 5.91 Å². The number of nitrogens with one attached hydrogen (secondary N) is 2. The van der Waals surface area contributed by atoms with Crippen molar-refractivity contribution in [1.29, 1.82) is 0 Å². The van der Waals surface area contributed by atoms with Crippen molar-refractivity contribution in [2.45, 2.75) is 11.8 Å². The molecule has 148 valence electrons. The summed E-state index contributed by atoms with van der Waals surface area (Å²) in [5.74, 6) is -0.160. The smallest absolute Gasteiger partial charge is 0.257 e. The van der Waals surface area contributed by atoms with E-state index in [9.17, 15) is 9.59 Å². The summed E-state index contributed by atoms with van der Waals surface area (Å²) in [7, 11) is 0. The summed E-state index contributed by atoms with van der Waals surface area (Å²) in [5, 5.41) is 6.47. The third-order valence-electron chi connectivity index (χ3n) is 4.06. The molecule has 0 heterocycles. The third kappa shape index (κ3) is 6.00. The summed E-state index contributed by atoms with van der Waals surface area (Å²) in [5.41, 5.74) is 2.77. The van der Waals surface area contributed by atoms with Gasteiger partial charge in [-0.25, -0.2) is 0 Å². The molecule has 0 saturated heterocycles. The molecule has 0 bridgehead atoms. The van der Waals surface area contributed by atoms with Crippen LogP contribution in [0.3, 0.4) is 0 Å². The Labute approximate surface area is 183 Å². The van der Waals surface area contributed by atoms with Crippen molar-refractivity contribution in [3.8, 4) is 0 Å². The Hall–Kier alpha value is -2.47. The molecule has 0 atom stereocenters. The first-order chi connectivity index (χ1) is 13.9. The Morgan fingerprint density at radius 1 is 0.931 bits per heavy atom. The second-order valence-electron chi connectivity index (χ2n) is 6.26. The van der Waals surface area contributed by atoms with E-state index in [1.165, 1.54) is 17.8 Å². The van der Waals surface area contributed by atoms with Crippen LogP contribution in [0.5, 0.6) is 0 Å². The fraction of sp³-hybridized carbons (Fsp3) is 0.0909. The summed E-state index contributed by atoms with van der Waals surface area (Å²) in [6, 6.07) is 19.6. The highest BCUT2D eigenvalue weighted by atomic mass is 35.5. The van der Waals surface area contributed by atoms with Crippen molar-refractivity contribution in [3.05, 3.63) is 87.9 Å². The molecular formula is C22H18Cl2N2O2S. The zero-order valence-corrected chi connectivity index (χ0v) is 17.9. The van der Waals surface area contributed by atoms with E-state index >= 15 is 0 Å². The highest BCUT2D eigenvalue weighted by Crippen LogP contribution is 2.25. The third-order valence-corrected chi connectivity index (χ3v) is 5.60. The molecule has 0 aromatic heterocycles. The molecule has 0 aliphatic heterocycles. The number of aryl methyl sites for hydroxylation is 1. The zero-order valence-electron chi connectivity index (χ0n) is 15.5. The van der Waals surface area contributed by atoms with Crippen molar-refractivity contribution in [2.24, 2.45) is 0 Å². The number of thioether (sulfide) groups is 1. The molecule has 2 N–H and O–H groups in total. The molecular weight excluding hydrogens is 427 g/mol. The number of rotatable bonds is 6. The van der Waals surface area contributed by atoms with Crippen molar-refractivity contribution >= 4 is 58.2 Å². The Balaban J connectivity index is 1.60. The molecule has 2 amide bonds. The first kappa shape index (κ1) is 21.2. The molecule has 29 heavy (non-hydrogen) atoms. The van der Waals surface area contributed by atoms with Gasteiger partial charge in [-0.3, -0.25) is 9.59 Å². The number of hydrogen-bond donors (Lipinski definition) is 2. The lowest BCUT2D eigenvalue weighted by atomic mass is 10.2. The fourth-order valence-corrected chi connectivity index (χ4v) is 3.83. The van der Waals surface area contributed by atoms with E-state index < -0.39 is 0 Å². The summed E-state index contributed by atoms with van der Waals surface area (Å²) in [6.07, 6.45) is 0. The molecule has 3 rings (SSSR count). The van der Waals surface area contributed by atoms with Gasteiger partial charge >= 0.3 is 0 Å². The van der Waals surface area contributed by atoms with E-state index in [0.29, 0.717) is 16.3 Å². The highest BCUT2D eigenvalue weighted by molar-refractivity contribution is 8.00. The molecule has 3 aromatic rings. The van der Waals surface area contributed by atoms with Crippen LogP contribution in [0, 0.1) is 6.92 Å². The van der Waals surface area contributed by atoms with Crippen LogP contribution in [0.2, 0.25) is 10.0 Å². The molecule has 0 aliphatic carbocycles. The molecule has 3 aromatic carbocycles. The highest BCUT2D eigenvalue weighted by Gasteiger charge is 2.12. The molecule has 4 nitrogen and oxygen atoms in total. The molecule has 0 saturated carbocycles. The minimum absolute atomic E-state index is 0.0910. The number of carbonyl (C=O) groups is 2. The zero-order chi connectivity index (χ0) is 20.8. The van der Waals surface area contributed by atoms with E-state index in [1.807, 2.05) is 49.4 Å². The van der Waals surface area contributed by atoms with Crippen LogP contribution < -0.4 is 10.6 Å². The molecule has 0 spiro atoms. The van der Waals surface area contributed by atoms with E-state index in [0.717, 1.165) is 16.1 Å². The second kappa shape index (κ2) is 9.83. The Bertz CT molecular complexity index is 1060. The van der Waals surface area contributed by atoms with E-state index in [2.05, 4.69) is 10.6 Å². The van der Waals surface area contributed by atoms with Crippen molar-refractivity contribution < 1.29 is 9.59 Å². The van der Waals surface area contributed by atoms with Gasteiger partial charge in [-0.2, -0.15) is 0 Å². The Kier molecular flexibility index (Phi) is 7.20. The number of anilines is 2. The van der Waals surface area contributed by atoms with Crippen LogP contribution in [0.4, 0.5) is 11.4 Å². The van der Waals surface area contributed by atoms with Crippen LogP contribution in [-0.2, 0) is 4.79 Å². The predicted octanol–water partition coefficient (Wildman–Crippen LogP) is 6.28. The van der Waals surface area contributed by atoms with Gasteiger partial charge in [0, 0.05) is 21.3 Å². The van der Waals surface area contributed by atoms with Crippen LogP contribution in [0.15, 0.2) is 71.6 Å². The molecule has 0 fully saturated rings. The van der Waals surface area contributed by atoms with Crippen LogP contribution in [-0.4, -0.2) is 17.6 Å². The molecule has 0 radical (unpaired) electrons. The van der Waals surface area contributed by atoms with E-state index in [1.54, 1.807) is 18.2 Å². The van der Waals surface area contributed by atoms with E-state index in [4.69, 9.17) is 23.2 Å². The van der Waals surface area contributed by atoms with Gasteiger partial charge in [-0.05, 0) is 55.0 Å². The maximum atomic E-state index is 12.4. The maximum absolute atomic E-state index is 12.4. The number of amides is 2. The van der Waals surface area contributed by atoms with E-state index in [-0.39, 0.29) is 22.6 Å². The predicted molar refractivity (Wildman–Crippen MR) is 121 cm³/mol. The minimum Gasteiger partial charge on any atom is -0.325 e. The summed E-state index contributed by atoms with van der Waals surface area (Å²) in [4.78, 5) is 25.5. The summed E-state index contributed by atoms with van der Waals surface area (Å²) in [6.45, 7) is 1.95. The lowest BCUT2D eigenvalue weighted by molar-refractivity contribution is -0.113. The van der Waals surface area contributed by atoms with Crippen molar-refractivity contribution in [3.63, 3.8) is 0 Å². The topological polar surface area (TPSA) is 58.2 Å². The average molecular weight is 445 g/mol. The monoisotopic (exact) mass is 444 g/mol. The minimum atomic E-state index is -0.328. The number of carbonyl (C=O) groups excluding carboxylic acids is 2. The number of benzene rings is 3. The van der Waals surface area contributed by atoms with Crippen molar-refractivity contribution in [1.82, 2.24) is 0 Å². The lowest BCUT2D eigenvalue weighted by Crippen LogP contribution is -2.15. The SMILES string of the molecule is Cc1ccccc1NC(=O)CSc1cccc(NC(=O)c2ccc(Cl)cc2Cl)c1. The summed E-state index contributed by atoms with van der Waals surface area (Å²) < 4.78 is 0. The summed E-state index contributed by atoms with van der Waals surface area (Å²) >= 11 is 13.4. The van der Waals surface area contributed by atoms with Gasteiger partial charge in [0.1, 0.15) is 0 Å². The van der Waals surface area contributed by atoms with Crippen molar-refractivity contribution in [2.75, 3.05) is 16.4 Å². The van der Waals surface area contributed by atoms with Gasteiger partial charge in [0.05, 0.1) is 16.3 Å². The molecule has 0 aliphatic rings. The quantitative estimate of drug-likeness (QED) is 0.439. The van der Waals surface area contributed by atoms with Gasteiger partial charge in [-0.15, -0.1) is 11.8 Å². The lowest BCUT2D eigenvalue weighted by Gasteiger charge is -2.10. The number of hydrogen-bond acceptors (Lipinski definition) is 3. The number of halogens is 2.